The number of amides is 1. The molecule has 12 heteroatoms. The number of carbonyl (C=O) groups is 1. The number of alkyl halides is 3. The van der Waals surface area contributed by atoms with E-state index in [0.717, 1.165) is 11.8 Å². The first-order valence-corrected chi connectivity index (χ1v) is 10.8. The van der Waals surface area contributed by atoms with Crippen molar-refractivity contribution in [2.75, 3.05) is 38.6 Å². The van der Waals surface area contributed by atoms with Crippen molar-refractivity contribution in [3.63, 3.8) is 0 Å². The molecule has 1 saturated heterocycles. The fourth-order valence-electron chi connectivity index (χ4n) is 3.01. The Morgan fingerprint density at radius 1 is 1.20 bits per heavy atom. The van der Waals surface area contributed by atoms with Crippen LogP contribution in [0.4, 0.5) is 13.2 Å². The van der Waals surface area contributed by atoms with Crippen LogP contribution in [-0.4, -0.2) is 67.0 Å². The van der Waals surface area contributed by atoms with E-state index in [-0.39, 0.29) is 38.5 Å². The van der Waals surface area contributed by atoms with E-state index < -0.39 is 39.1 Å². The van der Waals surface area contributed by atoms with E-state index in [1.807, 2.05) is 0 Å². The van der Waals surface area contributed by atoms with Crippen molar-refractivity contribution >= 4 is 15.9 Å². The Labute approximate surface area is 171 Å². The molecule has 1 amide bonds. The summed E-state index contributed by atoms with van der Waals surface area (Å²) in [6, 6.07) is 6.20. The fraction of sp³-hybridized carbons (Fsp3) is 0.444. The maximum absolute atomic E-state index is 13.7. The predicted octanol–water partition coefficient (Wildman–Crippen LogP) is 1.59. The number of nitrogens with one attached hydrogen (secondary N) is 1. The van der Waals surface area contributed by atoms with Gasteiger partial charge in [0.2, 0.25) is 10.0 Å². The summed E-state index contributed by atoms with van der Waals surface area (Å²) in [4.78, 5) is 12.4. The van der Waals surface area contributed by atoms with Crippen LogP contribution < -0.4 is 5.32 Å². The first kappa shape index (κ1) is 22.2. The van der Waals surface area contributed by atoms with E-state index in [9.17, 15) is 26.4 Å². The Hall–Kier alpha value is -2.44. The van der Waals surface area contributed by atoms with E-state index in [1.165, 1.54) is 16.4 Å². The second kappa shape index (κ2) is 8.74. The molecule has 2 aromatic rings. The van der Waals surface area contributed by atoms with Gasteiger partial charge in [-0.1, -0.05) is 17.7 Å². The number of sulfonamides is 1. The highest BCUT2D eigenvalue weighted by Gasteiger charge is 2.40. The Morgan fingerprint density at radius 3 is 2.43 bits per heavy atom. The monoisotopic (exact) mass is 446 g/mol. The minimum absolute atomic E-state index is 0.155. The van der Waals surface area contributed by atoms with Crippen molar-refractivity contribution in [3.05, 3.63) is 47.3 Å². The molecule has 1 aromatic heterocycles. The minimum Gasteiger partial charge on any atom is -0.379 e. The second-order valence-electron chi connectivity index (χ2n) is 6.74. The number of aromatic nitrogens is 2. The van der Waals surface area contributed by atoms with Gasteiger partial charge >= 0.3 is 6.18 Å². The number of carbonyl (C=O) groups excluding carboxylic acids is 1. The largest absolute Gasteiger partial charge is 0.434 e. The number of nitrogens with zero attached hydrogens (tertiary/aromatic N) is 3. The van der Waals surface area contributed by atoms with Gasteiger partial charge < -0.3 is 10.1 Å². The van der Waals surface area contributed by atoms with Crippen molar-refractivity contribution in [1.29, 1.82) is 0 Å². The van der Waals surface area contributed by atoms with Crippen LogP contribution in [0.3, 0.4) is 0 Å². The summed E-state index contributed by atoms with van der Waals surface area (Å²) in [5, 5.41) is 5.98. The van der Waals surface area contributed by atoms with Gasteiger partial charge in [-0.2, -0.15) is 22.6 Å². The molecular formula is C18H21F3N4O4S. The molecule has 1 N–H and O–H groups in total. The first-order valence-electron chi connectivity index (χ1n) is 9.15. The van der Waals surface area contributed by atoms with Gasteiger partial charge in [0.15, 0.2) is 5.69 Å². The van der Waals surface area contributed by atoms with E-state index in [2.05, 4.69) is 10.4 Å². The van der Waals surface area contributed by atoms with E-state index in [1.54, 1.807) is 19.1 Å². The molecule has 0 unspecified atom stereocenters. The summed E-state index contributed by atoms with van der Waals surface area (Å²) in [5.41, 5.74) is -0.882. The molecule has 0 saturated carbocycles. The lowest BCUT2D eigenvalue weighted by molar-refractivity contribution is -0.143. The normalized spacial score (nSPS) is 15.9. The van der Waals surface area contributed by atoms with Crippen LogP contribution in [0.1, 0.15) is 21.6 Å². The zero-order valence-corrected chi connectivity index (χ0v) is 17.0. The van der Waals surface area contributed by atoms with Crippen LogP contribution in [0, 0.1) is 6.92 Å². The number of hydrogen-bond acceptors (Lipinski definition) is 5. The maximum atomic E-state index is 13.7. The van der Waals surface area contributed by atoms with Crippen LogP contribution in [0.15, 0.2) is 30.5 Å². The number of aryl methyl sites for hydroxylation is 1. The lowest BCUT2D eigenvalue weighted by Gasteiger charge is -2.26. The molecule has 0 spiro atoms. The number of morpholine rings is 1. The number of rotatable bonds is 6. The topological polar surface area (TPSA) is 93.5 Å². The first-order chi connectivity index (χ1) is 14.1. The average molecular weight is 446 g/mol. The lowest BCUT2D eigenvalue weighted by Crippen LogP contribution is -2.43. The van der Waals surface area contributed by atoms with Crippen molar-refractivity contribution in [1.82, 2.24) is 19.4 Å². The fourth-order valence-corrected chi connectivity index (χ4v) is 4.34. The predicted molar refractivity (Wildman–Crippen MR) is 102 cm³/mol. The van der Waals surface area contributed by atoms with Crippen molar-refractivity contribution < 1.29 is 31.1 Å². The Bertz CT molecular complexity index is 997. The zero-order chi connectivity index (χ0) is 21.9. The van der Waals surface area contributed by atoms with Crippen LogP contribution in [0.5, 0.6) is 0 Å². The van der Waals surface area contributed by atoms with Crippen LogP contribution in [0.25, 0.3) is 5.69 Å². The highest BCUT2D eigenvalue weighted by Crippen LogP contribution is 2.33. The van der Waals surface area contributed by atoms with Gasteiger partial charge in [-0.15, -0.1) is 0 Å². The molecule has 2 heterocycles. The maximum Gasteiger partial charge on any atom is 0.434 e. The summed E-state index contributed by atoms with van der Waals surface area (Å²) in [6.45, 7) is 2.43. The smallest absolute Gasteiger partial charge is 0.379 e. The van der Waals surface area contributed by atoms with Gasteiger partial charge in [-0.05, 0) is 19.1 Å². The van der Waals surface area contributed by atoms with Crippen LogP contribution in [0.2, 0.25) is 0 Å². The third-order valence-electron chi connectivity index (χ3n) is 4.57. The molecule has 1 aromatic carbocycles. The standard InChI is InChI=1S/C18H21F3N4O4S/c1-13-2-4-14(5-3-13)25-16(18(19,20)21)15(12-23-25)17(26)22-6-11-30(27,28)24-7-9-29-10-8-24/h2-5,12H,6-11H2,1H3,(H,22,26). The average Bonchev–Trinajstić information content (AvgIpc) is 3.15. The second-order valence-corrected chi connectivity index (χ2v) is 8.82. The van der Waals surface area contributed by atoms with Crippen molar-refractivity contribution in [2.24, 2.45) is 0 Å². The van der Waals surface area contributed by atoms with Gasteiger partial charge in [-0.3, -0.25) is 4.79 Å². The summed E-state index contributed by atoms with van der Waals surface area (Å²) in [7, 11) is -3.65. The molecule has 30 heavy (non-hydrogen) atoms. The summed E-state index contributed by atoms with van der Waals surface area (Å²) in [5.74, 6) is -1.47. The van der Waals surface area contributed by atoms with Gasteiger partial charge in [0.25, 0.3) is 5.91 Å². The SMILES string of the molecule is Cc1ccc(-n2ncc(C(=O)NCCS(=O)(=O)N3CCOCC3)c2C(F)(F)F)cc1. The summed E-state index contributed by atoms with van der Waals surface area (Å²) < 4.78 is 72.5. The van der Waals surface area contributed by atoms with E-state index >= 15 is 0 Å². The molecule has 164 valence electrons. The van der Waals surface area contributed by atoms with Gasteiger partial charge in [0, 0.05) is 19.6 Å². The van der Waals surface area contributed by atoms with Gasteiger partial charge in [0.05, 0.1) is 36.4 Å². The number of benzene rings is 1. The summed E-state index contributed by atoms with van der Waals surface area (Å²) in [6.07, 6.45) is -4.01. The molecule has 1 fully saturated rings. The third-order valence-corrected chi connectivity index (χ3v) is 6.44. The Balaban J connectivity index is 1.75. The summed E-state index contributed by atoms with van der Waals surface area (Å²) >= 11 is 0. The Kier molecular flexibility index (Phi) is 6.48. The van der Waals surface area contributed by atoms with Crippen LogP contribution in [-0.2, 0) is 20.9 Å². The number of halogens is 3. The van der Waals surface area contributed by atoms with E-state index in [0.29, 0.717) is 4.68 Å². The molecule has 1 aliphatic heterocycles. The third kappa shape index (κ3) is 4.99. The molecule has 0 radical (unpaired) electrons. The highest BCUT2D eigenvalue weighted by atomic mass is 32.2. The van der Waals surface area contributed by atoms with Gasteiger partial charge in [-0.25, -0.2) is 13.1 Å². The minimum atomic E-state index is -4.84. The van der Waals surface area contributed by atoms with Gasteiger partial charge in [0.1, 0.15) is 0 Å². The molecule has 0 bridgehead atoms. The zero-order valence-electron chi connectivity index (χ0n) is 16.1. The Morgan fingerprint density at radius 2 is 1.83 bits per heavy atom. The lowest BCUT2D eigenvalue weighted by atomic mass is 10.2. The molecule has 0 aliphatic carbocycles. The molecule has 0 atom stereocenters. The molecule has 8 nitrogen and oxygen atoms in total. The van der Waals surface area contributed by atoms with E-state index in [4.69, 9.17) is 4.74 Å². The molecular weight excluding hydrogens is 425 g/mol. The quantitative estimate of drug-likeness (QED) is 0.728. The number of ether oxygens (including phenoxy) is 1. The molecule has 1 aliphatic rings. The van der Waals surface area contributed by atoms with Crippen molar-refractivity contribution in [3.8, 4) is 5.69 Å². The number of hydrogen-bond donors (Lipinski definition) is 1. The van der Waals surface area contributed by atoms with Crippen LogP contribution >= 0.6 is 0 Å². The highest BCUT2D eigenvalue weighted by molar-refractivity contribution is 7.89. The molecule has 3 rings (SSSR count). The van der Waals surface area contributed by atoms with Crippen molar-refractivity contribution in [2.45, 2.75) is 13.1 Å².